The fourth-order valence-corrected chi connectivity index (χ4v) is 5.03. The minimum absolute atomic E-state index is 0.138. The summed E-state index contributed by atoms with van der Waals surface area (Å²) in [5.74, 6) is 1.53. The number of sulfonamides is 1. The van der Waals surface area contributed by atoms with Gasteiger partial charge in [0.1, 0.15) is 0 Å². The van der Waals surface area contributed by atoms with E-state index < -0.39 is 10.0 Å². The highest BCUT2D eigenvalue weighted by atomic mass is 79.9. The molecule has 0 unspecified atom stereocenters. The molecule has 0 bridgehead atoms. The van der Waals surface area contributed by atoms with E-state index in [4.69, 9.17) is 0 Å². The molecule has 5 nitrogen and oxygen atoms in total. The number of halogens is 1. The minimum Gasteiger partial charge on any atom is -0.351 e. The van der Waals surface area contributed by atoms with Gasteiger partial charge in [0.05, 0.1) is 8.68 Å². The quantitative estimate of drug-likeness (QED) is 0.608. The number of benzene rings is 1. The normalized spacial score (nSPS) is 11.4. The van der Waals surface area contributed by atoms with Gasteiger partial charge in [-0.3, -0.25) is 4.79 Å². The number of hydrogen-bond donors (Lipinski definition) is 2. The van der Waals surface area contributed by atoms with Crippen LogP contribution in [-0.2, 0) is 15.8 Å². The van der Waals surface area contributed by atoms with Crippen molar-refractivity contribution in [2.24, 2.45) is 0 Å². The molecule has 2 rings (SSSR count). The third kappa shape index (κ3) is 5.59. The van der Waals surface area contributed by atoms with Crippen molar-refractivity contribution in [1.82, 2.24) is 10.0 Å². The van der Waals surface area contributed by atoms with Crippen molar-refractivity contribution in [2.75, 3.05) is 19.3 Å². The summed E-state index contributed by atoms with van der Waals surface area (Å²) >= 11 is 6.89. The van der Waals surface area contributed by atoms with E-state index in [1.165, 1.54) is 36.2 Å². The van der Waals surface area contributed by atoms with Crippen molar-refractivity contribution < 1.29 is 13.2 Å². The SMILES string of the molecule is CNS(=O)(=O)c1ccc(C(=O)NCCSCc2ccc(Br)s2)cc1. The summed E-state index contributed by atoms with van der Waals surface area (Å²) in [6.45, 7) is 0.562. The molecular weight excluding hydrogens is 432 g/mol. The van der Waals surface area contributed by atoms with Crippen LogP contribution in [0.1, 0.15) is 15.2 Å². The maximum absolute atomic E-state index is 12.0. The first kappa shape index (κ1) is 19.5. The molecule has 1 aromatic heterocycles. The van der Waals surface area contributed by atoms with E-state index in [1.807, 2.05) is 6.07 Å². The van der Waals surface area contributed by atoms with Gasteiger partial charge in [0.15, 0.2) is 0 Å². The Balaban J connectivity index is 1.76. The predicted molar refractivity (Wildman–Crippen MR) is 103 cm³/mol. The van der Waals surface area contributed by atoms with Crippen LogP contribution in [0.5, 0.6) is 0 Å². The van der Waals surface area contributed by atoms with E-state index in [1.54, 1.807) is 23.1 Å². The molecule has 0 spiro atoms. The third-order valence-corrected chi connectivity index (χ3v) is 7.35. The summed E-state index contributed by atoms with van der Waals surface area (Å²) in [6, 6.07) is 9.97. The summed E-state index contributed by atoms with van der Waals surface area (Å²) in [7, 11) is -2.13. The molecule has 1 heterocycles. The number of hydrogen-bond acceptors (Lipinski definition) is 5. The van der Waals surface area contributed by atoms with Gasteiger partial charge in [0, 0.05) is 28.5 Å². The maximum Gasteiger partial charge on any atom is 0.251 e. The molecule has 24 heavy (non-hydrogen) atoms. The first-order valence-corrected chi connectivity index (χ1v) is 11.3. The Morgan fingerprint density at radius 1 is 1.21 bits per heavy atom. The average molecular weight is 449 g/mol. The van der Waals surface area contributed by atoms with Crippen molar-refractivity contribution in [3.05, 3.63) is 50.6 Å². The van der Waals surface area contributed by atoms with Crippen molar-refractivity contribution in [3.63, 3.8) is 0 Å². The molecule has 0 saturated heterocycles. The molecule has 1 amide bonds. The van der Waals surface area contributed by atoms with Gasteiger partial charge in [0.2, 0.25) is 10.0 Å². The molecule has 0 aliphatic rings. The van der Waals surface area contributed by atoms with E-state index in [0.717, 1.165) is 15.3 Å². The van der Waals surface area contributed by atoms with E-state index >= 15 is 0 Å². The largest absolute Gasteiger partial charge is 0.351 e. The third-order valence-electron chi connectivity index (χ3n) is 3.10. The van der Waals surface area contributed by atoms with Gasteiger partial charge in [-0.15, -0.1) is 11.3 Å². The summed E-state index contributed by atoms with van der Waals surface area (Å²) in [6.07, 6.45) is 0. The van der Waals surface area contributed by atoms with Gasteiger partial charge >= 0.3 is 0 Å². The molecule has 9 heteroatoms. The van der Waals surface area contributed by atoms with Gasteiger partial charge in [-0.2, -0.15) is 11.8 Å². The van der Waals surface area contributed by atoms with E-state index in [2.05, 4.69) is 32.0 Å². The van der Waals surface area contributed by atoms with Crippen molar-refractivity contribution in [1.29, 1.82) is 0 Å². The van der Waals surface area contributed by atoms with Crippen LogP contribution >= 0.6 is 39.0 Å². The van der Waals surface area contributed by atoms with Crippen LogP contribution in [0.25, 0.3) is 0 Å². The lowest BCUT2D eigenvalue weighted by Gasteiger charge is -2.06. The first-order valence-electron chi connectivity index (χ1n) is 7.06. The van der Waals surface area contributed by atoms with E-state index in [-0.39, 0.29) is 10.8 Å². The number of thiophene rings is 1. The predicted octanol–water partition coefficient (Wildman–Crippen LogP) is 3.08. The standard InChI is InChI=1S/C15H17BrN2O3S3/c1-17-24(20,21)13-5-2-11(3-6-13)15(19)18-8-9-22-10-12-4-7-14(16)23-12/h2-7,17H,8-10H2,1H3,(H,18,19). The fraction of sp³-hybridized carbons (Fsp3) is 0.267. The second-order valence-corrected chi connectivity index (χ2v) is 10.3. The van der Waals surface area contributed by atoms with Crippen LogP contribution in [0, 0.1) is 0 Å². The Morgan fingerprint density at radius 2 is 1.92 bits per heavy atom. The van der Waals surface area contributed by atoms with Crippen molar-refractivity contribution >= 4 is 55.0 Å². The van der Waals surface area contributed by atoms with Crippen molar-refractivity contribution in [3.8, 4) is 0 Å². The number of rotatable bonds is 8. The van der Waals surface area contributed by atoms with E-state index in [9.17, 15) is 13.2 Å². The topological polar surface area (TPSA) is 75.3 Å². The van der Waals surface area contributed by atoms with Crippen LogP contribution in [0.2, 0.25) is 0 Å². The van der Waals surface area contributed by atoms with Crippen LogP contribution in [0.3, 0.4) is 0 Å². The molecule has 0 aliphatic carbocycles. The van der Waals surface area contributed by atoms with Crippen LogP contribution in [0.15, 0.2) is 45.1 Å². The molecule has 0 atom stereocenters. The molecule has 0 saturated carbocycles. The molecule has 0 radical (unpaired) electrons. The smallest absolute Gasteiger partial charge is 0.251 e. The summed E-state index contributed by atoms with van der Waals surface area (Å²) < 4.78 is 26.6. The lowest BCUT2D eigenvalue weighted by atomic mass is 10.2. The highest BCUT2D eigenvalue weighted by molar-refractivity contribution is 9.11. The van der Waals surface area contributed by atoms with Gasteiger partial charge in [0.25, 0.3) is 5.91 Å². The van der Waals surface area contributed by atoms with Crippen LogP contribution in [-0.4, -0.2) is 33.7 Å². The van der Waals surface area contributed by atoms with Crippen molar-refractivity contribution in [2.45, 2.75) is 10.6 Å². The lowest BCUT2D eigenvalue weighted by Crippen LogP contribution is -2.26. The summed E-state index contributed by atoms with van der Waals surface area (Å²) in [5, 5.41) is 2.83. The number of amides is 1. The highest BCUT2D eigenvalue weighted by Crippen LogP contribution is 2.25. The maximum atomic E-state index is 12.0. The summed E-state index contributed by atoms with van der Waals surface area (Å²) in [5.41, 5.74) is 0.442. The van der Waals surface area contributed by atoms with Crippen LogP contribution < -0.4 is 10.0 Å². The molecular formula is C15H17BrN2O3S3. The minimum atomic E-state index is -3.48. The zero-order valence-corrected chi connectivity index (χ0v) is 16.9. The molecule has 130 valence electrons. The zero-order valence-electron chi connectivity index (χ0n) is 12.9. The number of carbonyl (C=O) groups excluding carboxylic acids is 1. The number of thioether (sulfide) groups is 1. The summed E-state index contributed by atoms with van der Waals surface area (Å²) in [4.78, 5) is 13.5. The number of nitrogens with one attached hydrogen (secondary N) is 2. The fourth-order valence-electron chi connectivity index (χ4n) is 1.84. The Labute approximate surface area is 158 Å². The Hall–Kier alpha value is -0.870. The second-order valence-electron chi connectivity index (χ2n) is 4.75. The second kappa shape index (κ2) is 9.00. The van der Waals surface area contributed by atoms with E-state index in [0.29, 0.717) is 12.1 Å². The zero-order chi connectivity index (χ0) is 17.6. The molecule has 2 aromatic rings. The van der Waals surface area contributed by atoms with Gasteiger partial charge in [-0.05, 0) is 59.4 Å². The monoisotopic (exact) mass is 448 g/mol. The average Bonchev–Trinajstić information content (AvgIpc) is 3.00. The Bertz CT molecular complexity index is 789. The highest BCUT2D eigenvalue weighted by Gasteiger charge is 2.12. The molecule has 0 fully saturated rings. The Morgan fingerprint density at radius 3 is 2.50 bits per heavy atom. The Kier molecular flexibility index (Phi) is 7.30. The first-order chi connectivity index (χ1) is 11.4. The molecule has 2 N–H and O–H groups in total. The lowest BCUT2D eigenvalue weighted by molar-refractivity contribution is 0.0956. The van der Waals surface area contributed by atoms with Gasteiger partial charge in [-0.1, -0.05) is 0 Å². The van der Waals surface area contributed by atoms with Gasteiger partial charge in [-0.25, -0.2) is 13.1 Å². The van der Waals surface area contributed by atoms with Crippen LogP contribution in [0.4, 0.5) is 0 Å². The molecule has 1 aromatic carbocycles. The van der Waals surface area contributed by atoms with Gasteiger partial charge < -0.3 is 5.32 Å². The molecule has 0 aliphatic heterocycles. The number of carbonyl (C=O) groups is 1.